The van der Waals surface area contributed by atoms with Gasteiger partial charge in [-0.15, -0.1) is 23.1 Å². The summed E-state index contributed by atoms with van der Waals surface area (Å²) in [5.41, 5.74) is 0. The fourth-order valence-corrected chi connectivity index (χ4v) is 3.71. The Morgan fingerprint density at radius 3 is 2.90 bits per heavy atom. The highest BCUT2D eigenvalue weighted by Crippen LogP contribution is 2.24. The van der Waals surface area contributed by atoms with Crippen LogP contribution >= 0.6 is 23.1 Å². The van der Waals surface area contributed by atoms with Crippen molar-refractivity contribution in [3.63, 3.8) is 0 Å². The minimum absolute atomic E-state index is 0.119. The summed E-state index contributed by atoms with van der Waals surface area (Å²) >= 11 is 3.42. The van der Waals surface area contributed by atoms with Crippen molar-refractivity contribution < 1.29 is 9.53 Å². The SMILES string of the molecule is CC(C)(C)SCC(=O)N(Cc1cccs1)CC1CCCO1. The van der Waals surface area contributed by atoms with E-state index in [1.54, 1.807) is 23.1 Å². The smallest absolute Gasteiger partial charge is 0.233 e. The fraction of sp³-hybridized carbons (Fsp3) is 0.688. The standard InChI is InChI=1S/C16H25NO2S2/c1-16(2,3)21-12-15(18)17(10-13-6-4-8-19-13)11-14-7-5-9-20-14/h5,7,9,13H,4,6,8,10-12H2,1-3H3. The maximum absolute atomic E-state index is 12.6. The van der Waals surface area contributed by atoms with Crippen molar-refractivity contribution in [1.82, 2.24) is 4.90 Å². The number of thioether (sulfide) groups is 1. The normalized spacial score (nSPS) is 18.9. The third kappa shape index (κ3) is 6.01. The van der Waals surface area contributed by atoms with Crippen LogP contribution in [0.15, 0.2) is 17.5 Å². The molecule has 1 unspecified atom stereocenters. The van der Waals surface area contributed by atoms with Crippen LogP contribution in [0.4, 0.5) is 0 Å². The van der Waals surface area contributed by atoms with Crippen molar-refractivity contribution in [3.8, 4) is 0 Å². The Hall–Kier alpha value is -0.520. The molecular weight excluding hydrogens is 302 g/mol. The van der Waals surface area contributed by atoms with Gasteiger partial charge in [-0.2, -0.15) is 0 Å². The molecule has 0 aliphatic carbocycles. The van der Waals surface area contributed by atoms with E-state index in [0.717, 1.165) is 26.0 Å². The Kier molecular flexibility index (Phi) is 6.14. The molecule has 0 spiro atoms. The molecule has 2 heterocycles. The molecular formula is C16H25NO2S2. The van der Waals surface area contributed by atoms with Crippen molar-refractivity contribution >= 4 is 29.0 Å². The second-order valence-corrected chi connectivity index (χ2v) is 9.22. The lowest BCUT2D eigenvalue weighted by Gasteiger charge is -2.26. The maximum atomic E-state index is 12.6. The molecule has 0 saturated carbocycles. The van der Waals surface area contributed by atoms with Crippen LogP contribution in [-0.2, 0) is 16.1 Å². The summed E-state index contributed by atoms with van der Waals surface area (Å²) < 4.78 is 5.82. The lowest BCUT2D eigenvalue weighted by Crippen LogP contribution is -2.38. The van der Waals surface area contributed by atoms with Crippen LogP contribution in [-0.4, -0.2) is 40.6 Å². The largest absolute Gasteiger partial charge is 0.376 e. The van der Waals surface area contributed by atoms with Gasteiger partial charge < -0.3 is 9.64 Å². The first kappa shape index (κ1) is 16.8. The van der Waals surface area contributed by atoms with Crippen LogP contribution < -0.4 is 0 Å². The van der Waals surface area contributed by atoms with E-state index in [2.05, 4.69) is 32.2 Å². The molecule has 1 aromatic rings. The zero-order valence-corrected chi connectivity index (χ0v) is 14.8. The van der Waals surface area contributed by atoms with Gasteiger partial charge >= 0.3 is 0 Å². The molecule has 0 bridgehead atoms. The van der Waals surface area contributed by atoms with Gasteiger partial charge in [-0.1, -0.05) is 26.8 Å². The molecule has 0 aromatic carbocycles. The Labute approximate surface area is 136 Å². The van der Waals surface area contributed by atoms with Gasteiger partial charge in [0.25, 0.3) is 0 Å². The van der Waals surface area contributed by atoms with Gasteiger partial charge in [0, 0.05) is 22.8 Å². The molecule has 0 N–H and O–H groups in total. The third-order valence-corrected chi connectivity index (χ3v) is 5.47. The fourth-order valence-electron chi connectivity index (χ4n) is 2.25. The number of carbonyl (C=O) groups is 1. The van der Waals surface area contributed by atoms with Gasteiger partial charge in [0.2, 0.25) is 5.91 Å². The van der Waals surface area contributed by atoms with Crippen LogP contribution in [0, 0.1) is 0 Å². The summed E-state index contributed by atoms with van der Waals surface area (Å²) in [7, 11) is 0. The van der Waals surface area contributed by atoms with Gasteiger partial charge in [-0.25, -0.2) is 0 Å². The summed E-state index contributed by atoms with van der Waals surface area (Å²) in [5, 5.41) is 2.06. The van der Waals surface area contributed by atoms with Crippen LogP contribution in [0.2, 0.25) is 0 Å². The topological polar surface area (TPSA) is 29.5 Å². The van der Waals surface area contributed by atoms with Gasteiger partial charge in [-0.3, -0.25) is 4.79 Å². The molecule has 0 radical (unpaired) electrons. The Bertz CT molecular complexity index is 434. The molecule has 1 amide bonds. The predicted molar refractivity (Wildman–Crippen MR) is 90.9 cm³/mol. The first-order chi connectivity index (χ1) is 9.94. The molecule has 1 fully saturated rings. The van der Waals surface area contributed by atoms with Crippen molar-refractivity contribution in [3.05, 3.63) is 22.4 Å². The van der Waals surface area contributed by atoms with Gasteiger partial charge in [0.15, 0.2) is 0 Å². The molecule has 1 aromatic heterocycles. The van der Waals surface area contributed by atoms with Crippen molar-refractivity contribution in [2.24, 2.45) is 0 Å². The van der Waals surface area contributed by atoms with E-state index in [9.17, 15) is 4.79 Å². The third-order valence-electron chi connectivity index (χ3n) is 3.36. The monoisotopic (exact) mass is 327 g/mol. The quantitative estimate of drug-likeness (QED) is 0.796. The average Bonchev–Trinajstić information content (AvgIpc) is 3.07. The van der Waals surface area contributed by atoms with E-state index in [0.29, 0.717) is 12.3 Å². The number of amides is 1. The highest BCUT2D eigenvalue weighted by Gasteiger charge is 2.24. The van der Waals surface area contributed by atoms with E-state index in [1.807, 2.05) is 11.0 Å². The molecule has 1 saturated heterocycles. The van der Waals surface area contributed by atoms with E-state index < -0.39 is 0 Å². The highest BCUT2D eigenvalue weighted by atomic mass is 32.2. The molecule has 21 heavy (non-hydrogen) atoms. The highest BCUT2D eigenvalue weighted by molar-refractivity contribution is 8.01. The number of hydrogen-bond acceptors (Lipinski definition) is 4. The number of carbonyl (C=O) groups excluding carboxylic acids is 1. The summed E-state index contributed by atoms with van der Waals surface area (Å²) in [5.74, 6) is 0.764. The van der Waals surface area contributed by atoms with Gasteiger partial charge in [0.05, 0.1) is 18.4 Å². The van der Waals surface area contributed by atoms with Crippen LogP contribution in [0.3, 0.4) is 0 Å². The van der Waals surface area contributed by atoms with Crippen LogP contribution in [0.25, 0.3) is 0 Å². The van der Waals surface area contributed by atoms with Gasteiger partial charge in [-0.05, 0) is 24.3 Å². The summed E-state index contributed by atoms with van der Waals surface area (Å²) in [4.78, 5) is 15.8. The summed E-state index contributed by atoms with van der Waals surface area (Å²) in [6, 6.07) is 4.13. The lowest BCUT2D eigenvalue weighted by molar-refractivity contribution is -0.130. The number of rotatable bonds is 6. The van der Waals surface area contributed by atoms with E-state index >= 15 is 0 Å². The van der Waals surface area contributed by atoms with E-state index in [4.69, 9.17) is 4.74 Å². The Morgan fingerprint density at radius 1 is 1.52 bits per heavy atom. The Balaban J connectivity index is 1.94. The van der Waals surface area contributed by atoms with Crippen molar-refractivity contribution in [2.45, 2.75) is 51.0 Å². The van der Waals surface area contributed by atoms with Crippen molar-refractivity contribution in [1.29, 1.82) is 0 Å². The zero-order valence-electron chi connectivity index (χ0n) is 13.1. The molecule has 118 valence electrons. The first-order valence-corrected chi connectivity index (χ1v) is 9.36. The molecule has 2 rings (SSSR count). The lowest BCUT2D eigenvalue weighted by atomic mass is 10.2. The van der Waals surface area contributed by atoms with Crippen LogP contribution in [0.5, 0.6) is 0 Å². The van der Waals surface area contributed by atoms with Crippen LogP contribution in [0.1, 0.15) is 38.5 Å². The minimum Gasteiger partial charge on any atom is -0.376 e. The van der Waals surface area contributed by atoms with Gasteiger partial charge in [0.1, 0.15) is 0 Å². The molecule has 3 nitrogen and oxygen atoms in total. The Morgan fingerprint density at radius 2 is 2.33 bits per heavy atom. The molecule has 1 aliphatic rings. The minimum atomic E-state index is 0.119. The first-order valence-electron chi connectivity index (χ1n) is 7.50. The number of hydrogen-bond donors (Lipinski definition) is 0. The second-order valence-electron chi connectivity index (χ2n) is 6.39. The maximum Gasteiger partial charge on any atom is 0.233 e. The molecule has 1 atom stereocenters. The summed E-state index contributed by atoms with van der Waals surface area (Å²) in [6.45, 7) is 8.71. The van der Waals surface area contributed by atoms with Crippen molar-refractivity contribution in [2.75, 3.05) is 18.9 Å². The predicted octanol–water partition coefficient (Wildman–Crippen LogP) is 3.79. The average molecular weight is 328 g/mol. The number of ether oxygens (including phenoxy) is 1. The number of nitrogens with zero attached hydrogens (tertiary/aromatic N) is 1. The molecule has 1 aliphatic heterocycles. The van der Waals surface area contributed by atoms with E-state index in [-0.39, 0.29) is 16.8 Å². The second kappa shape index (κ2) is 7.65. The molecule has 5 heteroatoms. The summed E-state index contributed by atoms with van der Waals surface area (Å²) in [6.07, 6.45) is 2.40. The van der Waals surface area contributed by atoms with E-state index in [1.165, 1.54) is 4.88 Å². The number of thiophene rings is 1. The zero-order chi connectivity index (χ0) is 15.3.